The molecule has 3 heterocycles. The van der Waals surface area contributed by atoms with Crippen LogP contribution in [0.15, 0.2) is 40.1 Å². The van der Waals surface area contributed by atoms with Crippen molar-refractivity contribution >= 4 is 37.0 Å². The van der Waals surface area contributed by atoms with E-state index in [0.717, 1.165) is 6.07 Å². The number of anilines is 1. The third-order valence-corrected chi connectivity index (χ3v) is 8.73. The van der Waals surface area contributed by atoms with Gasteiger partial charge in [0.2, 0.25) is 25.9 Å². The lowest BCUT2D eigenvalue weighted by molar-refractivity contribution is 0.195. The summed E-state index contributed by atoms with van der Waals surface area (Å²) in [7, 11) is -9.20. The van der Waals surface area contributed by atoms with Crippen molar-refractivity contribution < 1.29 is 21.9 Å². The van der Waals surface area contributed by atoms with Crippen LogP contribution in [0.25, 0.3) is 33.5 Å². The average Bonchev–Trinajstić information content (AvgIpc) is 3.58. The first-order valence-corrected chi connectivity index (χ1v) is 13.6. The number of sulfonamides is 2. The monoisotopic (exact) mass is 534 g/mol. The molecule has 2 aromatic carbocycles. The van der Waals surface area contributed by atoms with E-state index in [2.05, 4.69) is 40.6 Å². The van der Waals surface area contributed by atoms with Gasteiger partial charge in [0.25, 0.3) is 0 Å². The Morgan fingerprint density at radius 1 is 1.14 bits per heavy atom. The van der Waals surface area contributed by atoms with Crippen LogP contribution < -0.4 is 20.9 Å². The molecule has 0 spiro atoms. The molecular formula is C19H22N10O5S2. The van der Waals surface area contributed by atoms with Crippen LogP contribution in [0.5, 0.6) is 0 Å². The van der Waals surface area contributed by atoms with Crippen molar-refractivity contribution in [3.8, 4) is 22.5 Å². The van der Waals surface area contributed by atoms with Crippen LogP contribution in [0.1, 0.15) is 6.42 Å². The van der Waals surface area contributed by atoms with Crippen molar-refractivity contribution in [2.45, 2.75) is 21.8 Å². The minimum absolute atomic E-state index is 0.133. The van der Waals surface area contributed by atoms with Crippen molar-refractivity contribution in [2.24, 2.45) is 5.14 Å². The number of aliphatic hydroxyl groups is 1. The Balaban J connectivity index is 1.82. The first kappa shape index (κ1) is 24.2. The summed E-state index contributed by atoms with van der Waals surface area (Å²) in [5.74, 6) is -0.0703. The third kappa shape index (κ3) is 4.10. The number of nitrogens with two attached hydrogens (primary N) is 2. The smallest absolute Gasteiger partial charge is 0.242 e. The van der Waals surface area contributed by atoms with E-state index < -0.39 is 42.0 Å². The van der Waals surface area contributed by atoms with E-state index in [-0.39, 0.29) is 29.4 Å². The summed E-state index contributed by atoms with van der Waals surface area (Å²) < 4.78 is 55.4. The predicted molar refractivity (Wildman–Crippen MR) is 128 cm³/mol. The molecule has 190 valence electrons. The fourth-order valence-electron chi connectivity index (χ4n) is 4.38. The quantitative estimate of drug-likeness (QED) is 0.146. The molecule has 1 aliphatic rings. The van der Waals surface area contributed by atoms with E-state index in [1.165, 1.54) is 6.07 Å². The van der Waals surface area contributed by atoms with Crippen LogP contribution >= 0.6 is 0 Å². The Labute approximate surface area is 204 Å². The molecule has 0 radical (unpaired) electrons. The van der Waals surface area contributed by atoms with Crippen molar-refractivity contribution in [3.05, 3.63) is 30.3 Å². The number of rotatable bonds is 7. The Hall–Kier alpha value is -3.48. The van der Waals surface area contributed by atoms with Gasteiger partial charge in [-0.1, -0.05) is 18.2 Å². The van der Waals surface area contributed by atoms with Gasteiger partial charge < -0.3 is 21.1 Å². The van der Waals surface area contributed by atoms with Crippen molar-refractivity contribution in [3.63, 3.8) is 0 Å². The number of fused-ring (bicyclic) bond motifs is 1. The Kier molecular flexibility index (Phi) is 5.77. The van der Waals surface area contributed by atoms with Crippen LogP contribution in [0.2, 0.25) is 0 Å². The largest absolute Gasteiger partial charge is 0.394 e. The van der Waals surface area contributed by atoms with Crippen LogP contribution in [0, 0.1) is 0 Å². The third-order valence-electron chi connectivity index (χ3n) is 5.98. The molecule has 1 aliphatic heterocycles. The van der Waals surface area contributed by atoms with Gasteiger partial charge in [0, 0.05) is 12.1 Å². The number of H-pyrrole nitrogens is 2. The minimum atomic E-state index is -4.68. The van der Waals surface area contributed by atoms with Gasteiger partial charge >= 0.3 is 0 Å². The lowest BCUT2D eigenvalue weighted by Gasteiger charge is -2.27. The Morgan fingerprint density at radius 2 is 1.94 bits per heavy atom. The molecule has 4 aromatic rings. The molecule has 0 aliphatic carbocycles. The summed E-state index contributed by atoms with van der Waals surface area (Å²) in [5, 5.41) is 32.0. The highest BCUT2D eigenvalue weighted by atomic mass is 32.2. The molecule has 0 amide bonds. The second-order valence-corrected chi connectivity index (χ2v) is 11.5. The van der Waals surface area contributed by atoms with Gasteiger partial charge in [-0.05, 0) is 35.9 Å². The highest BCUT2D eigenvalue weighted by molar-refractivity contribution is 7.92. The van der Waals surface area contributed by atoms with Crippen molar-refractivity contribution in [2.75, 3.05) is 25.4 Å². The number of tetrazole rings is 1. The normalized spacial score (nSPS) is 18.7. The van der Waals surface area contributed by atoms with Gasteiger partial charge in [-0.3, -0.25) is 0 Å². The van der Waals surface area contributed by atoms with Gasteiger partial charge in [-0.15, -0.1) is 10.2 Å². The maximum atomic E-state index is 13.5. The number of aromatic nitrogens is 6. The first-order chi connectivity index (χ1) is 17.0. The number of aromatic amines is 2. The first-order valence-electron chi connectivity index (χ1n) is 10.6. The van der Waals surface area contributed by atoms with Gasteiger partial charge in [0.05, 0.1) is 28.7 Å². The zero-order chi connectivity index (χ0) is 25.7. The summed E-state index contributed by atoms with van der Waals surface area (Å²) in [4.78, 5) is 5.82. The zero-order valence-corrected chi connectivity index (χ0v) is 20.2. The summed E-state index contributed by atoms with van der Waals surface area (Å²) in [6.45, 7) is 0.128. The fourth-order valence-corrected chi connectivity index (χ4v) is 7.40. The van der Waals surface area contributed by atoms with E-state index in [4.69, 9.17) is 10.9 Å². The number of benzene rings is 2. The minimum Gasteiger partial charge on any atom is -0.394 e. The summed E-state index contributed by atoms with van der Waals surface area (Å²) in [6, 6.07) is 7.61. The van der Waals surface area contributed by atoms with Crippen LogP contribution in [-0.2, 0) is 20.0 Å². The summed E-state index contributed by atoms with van der Waals surface area (Å²) >= 11 is 0. The molecule has 5 rings (SSSR count). The SMILES string of the molecule is Nc1nc2c(-c3ccc(S(=O)(=O)NC4(CO)CCNC4)c(S(N)(=O)=O)c3-c3nn[nH]n3)cccc2[nH]1. The molecule has 17 heteroatoms. The number of primary sulfonamides is 1. The number of aliphatic hydroxyl groups excluding tert-OH is 1. The Bertz CT molecular complexity index is 1660. The van der Waals surface area contributed by atoms with E-state index in [1.807, 2.05) is 0 Å². The van der Waals surface area contributed by atoms with E-state index >= 15 is 0 Å². The standard InChI is InChI=1S/C19H22N10O5S2/c20-18-23-12-3-1-2-11(15(12)24-18)10-4-5-13(36(33,34)27-19(9-30)6-7-22-8-19)16(35(21,31)32)14(10)17-25-28-29-26-17/h1-5,22,27,30H,6-9H2,(H3,20,23,24)(H2,21,31,32)(H,25,26,28,29). The maximum Gasteiger partial charge on any atom is 0.242 e. The van der Waals surface area contributed by atoms with Crippen molar-refractivity contribution in [1.29, 1.82) is 0 Å². The predicted octanol–water partition coefficient (Wildman–Crippen LogP) is -1.36. The molecule has 1 saturated heterocycles. The second-order valence-electron chi connectivity index (χ2n) is 8.39. The van der Waals surface area contributed by atoms with Crippen LogP contribution in [0.4, 0.5) is 5.95 Å². The van der Waals surface area contributed by atoms with Gasteiger partial charge in [0.1, 0.15) is 9.79 Å². The number of nitrogens with one attached hydrogen (secondary N) is 4. The molecule has 36 heavy (non-hydrogen) atoms. The van der Waals surface area contributed by atoms with Gasteiger partial charge in [0.15, 0.2) is 5.95 Å². The number of nitrogen functional groups attached to an aromatic ring is 1. The topological polar surface area (TPSA) is 248 Å². The molecule has 2 aromatic heterocycles. The molecule has 1 fully saturated rings. The van der Waals surface area contributed by atoms with Crippen molar-refractivity contribution in [1.82, 2.24) is 40.6 Å². The fraction of sp³-hybridized carbons (Fsp3) is 0.263. The highest BCUT2D eigenvalue weighted by Gasteiger charge is 2.40. The van der Waals surface area contributed by atoms with E-state index in [1.54, 1.807) is 18.2 Å². The second kappa shape index (κ2) is 8.57. The summed E-state index contributed by atoms with van der Waals surface area (Å²) in [5.41, 5.74) is 6.05. The van der Waals surface area contributed by atoms with Gasteiger partial charge in [-0.25, -0.2) is 31.7 Å². The number of hydrogen-bond donors (Lipinski definition) is 7. The molecule has 15 nitrogen and oxygen atoms in total. The maximum absolute atomic E-state index is 13.5. The lowest BCUT2D eigenvalue weighted by Crippen LogP contribution is -2.53. The summed E-state index contributed by atoms with van der Waals surface area (Å²) in [6.07, 6.45) is 0.297. The number of hydrogen-bond acceptors (Lipinski definition) is 11. The molecular weight excluding hydrogens is 512 g/mol. The van der Waals surface area contributed by atoms with E-state index in [0.29, 0.717) is 29.6 Å². The number of imidazole rings is 1. The molecule has 0 bridgehead atoms. The molecule has 1 atom stereocenters. The lowest BCUT2D eigenvalue weighted by atomic mass is 9.98. The molecule has 9 N–H and O–H groups in total. The van der Waals surface area contributed by atoms with E-state index in [9.17, 15) is 21.9 Å². The van der Waals surface area contributed by atoms with Gasteiger partial charge in [-0.2, -0.15) is 5.21 Å². The highest BCUT2D eigenvalue weighted by Crippen LogP contribution is 2.41. The zero-order valence-electron chi connectivity index (χ0n) is 18.6. The van der Waals surface area contributed by atoms with Crippen LogP contribution in [-0.4, -0.2) is 77.8 Å². The molecule has 0 saturated carbocycles. The Morgan fingerprint density at radius 3 is 2.58 bits per heavy atom. The number of nitrogens with zero attached hydrogens (tertiary/aromatic N) is 4. The number of para-hydroxylation sites is 1. The average molecular weight is 535 g/mol. The molecule has 1 unspecified atom stereocenters. The van der Waals surface area contributed by atoms with Crippen LogP contribution in [0.3, 0.4) is 0 Å².